The average molecular weight is 234 g/mol. The van der Waals surface area contributed by atoms with E-state index in [4.69, 9.17) is 10.8 Å². The fraction of sp³-hybridized carbons (Fsp3) is 0.714. The van der Waals surface area contributed by atoms with E-state index < -0.39 is 15.1 Å². The molecule has 3 N–H and O–H groups in total. The fourth-order valence-corrected chi connectivity index (χ4v) is 1.98. The second kappa shape index (κ2) is 4.15. The van der Waals surface area contributed by atoms with Gasteiger partial charge in [-0.3, -0.25) is 0 Å². The highest BCUT2D eigenvalue weighted by Gasteiger charge is 2.26. The van der Waals surface area contributed by atoms with Crippen molar-refractivity contribution >= 4 is 15.7 Å². The third-order valence-corrected chi connectivity index (χ3v) is 4.01. The van der Waals surface area contributed by atoms with Gasteiger partial charge in [-0.2, -0.15) is 0 Å². The summed E-state index contributed by atoms with van der Waals surface area (Å²) in [6, 6.07) is 0. The molecule has 0 bridgehead atoms. The first-order valence-electron chi connectivity index (χ1n) is 4.45. The van der Waals surface area contributed by atoms with Gasteiger partial charge >= 0.3 is 0 Å². The van der Waals surface area contributed by atoms with E-state index in [1.807, 2.05) is 0 Å². The van der Waals surface area contributed by atoms with Crippen LogP contribution in [0.25, 0.3) is 0 Å². The van der Waals surface area contributed by atoms with Crippen LogP contribution < -0.4 is 5.73 Å². The largest absolute Gasteiger partial charge is 0.394 e. The van der Waals surface area contributed by atoms with E-state index in [0.29, 0.717) is 0 Å². The monoisotopic (exact) mass is 234 g/mol. The molecule has 0 aliphatic heterocycles. The minimum Gasteiger partial charge on any atom is -0.394 e. The summed E-state index contributed by atoms with van der Waals surface area (Å²) in [5.41, 5.74) is 5.56. The molecule has 0 aromatic carbocycles. The highest BCUT2D eigenvalue weighted by atomic mass is 32.2. The van der Waals surface area contributed by atoms with Crippen molar-refractivity contribution < 1.29 is 13.5 Å². The maximum absolute atomic E-state index is 11.7. The Balaban J connectivity index is 3.18. The van der Waals surface area contributed by atoms with Crippen LogP contribution in [0.2, 0.25) is 0 Å². The summed E-state index contributed by atoms with van der Waals surface area (Å²) in [6.45, 7) is 3.04. The van der Waals surface area contributed by atoms with Crippen molar-refractivity contribution in [3.8, 4) is 0 Å². The molecule has 86 valence electrons. The van der Waals surface area contributed by atoms with Gasteiger partial charge < -0.3 is 10.8 Å². The molecule has 0 atom stereocenters. The van der Waals surface area contributed by atoms with E-state index in [2.05, 4.69) is 10.3 Å². The molecule has 7 nitrogen and oxygen atoms in total. The van der Waals surface area contributed by atoms with Crippen LogP contribution in [0, 0.1) is 0 Å². The third-order valence-electron chi connectivity index (χ3n) is 1.94. The lowest BCUT2D eigenvalue weighted by Crippen LogP contribution is -2.17. The van der Waals surface area contributed by atoms with Gasteiger partial charge in [-0.15, -0.1) is 5.10 Å². The van der Waals surface area contributed by atoms with Crippen LogP contribution in [-0.2, 0) is 16.4 Å². The number of nitrogens with two attached hydrogens (primary N) is 1. The van der Waals surface area contributed by atoms with Crippen molar-refractivity contribution in [2.24, 2.45) is 0 Å². The Morgan fingerprint density at radius 3 is 2.60 bits per heavy atom. The molecule has 0 saturated heterocycles. The molecule has 0 radical (unpaired) electrons. The van der Waals surface area contributed by atoms with E-state index in [9.17, 15) is 8.42 Å². The minimum atomic E-state index is -3.51. The summed E-state index contributed by atoms with van der Waals surface area (Å²) in [4.78, 5) is 0. The summed E-state index contributed by atoms with van der Waals surface area (Å²) in [5, 5.41) is 14.9. The van der Waals surface area contributed by atoms with Crippen LogP contribution in [0.4, 0.5) is 5.82 Å². The minimum absolute atomic E-state index is 0.0299. The first-order chi connectivity index (χ1) is 6.91. The van der Waals surface area contributed by atoms with Crippen LogP contribution in [0.1, 0.15) is 13.8 Å². The molecule has 1 rings (SSSR count). The molecule has 0 amide bonds. The number of nitrogens with zero attached hydrogens (tertiary/aromatic N) is 3. The normalized spacial score (nSPS) is 12.3. The van der Waals surface area contributed by atoms with Crippen molar-refractivity contribution in [1.29, 1.82) is 0 Å². The highest BCUT2D eigenvalue weighted by molar-refractivity contribution is 7.92. The summed E-state index contributed by atoms with van der Waals surface area (Å²) in [5.74, 6) is -0.0299. The molecule has 0 aliphatic carbocycles. The fourth-order valence-electron chi connectivity index (χ4n) is 0.990. The molecule has 0 fully saturated rings. The van der Waals surface area contributed by atoms with Gasteiger partial charge in [0.2, 0.25) is 14.9 Å². The lowest BCUT2D eigenvalue weighted by molar-refractivity contribution is 0.269. The molecule has 8 heteroatoms. The van der Waals surface area contributed by atoms with Crippen molar-refractivity contribution in [2.45, 2.75) is 30.7 Å². The van der Waals surface area contributed by atoms with Crippen LogP contribution in [-0.4, -0.2) is 40.4 Å². The third kappa shape index (κ3) is 2.10. The lowest BCUT2D eigenvalue weighted by atomic mass is 10.6. The summed E-state index contributed by atoms with van der Waals surface area (Å²) in [7, 11) is -3.51. The zero-order chi connectivity index (χ0) is 11.6. The number of nitrogen functional groups attached to an aromatic ring is 1. The van der Waals surface area contributed by atoms with Crippen LogP contribution in [0.3, 0.4) is 0 Å². The Bertz CT molecular complexity index is 437. The number of aromatic nitrogens is 3. The number of hydrogen-bond donors (Lipinski definition) is 2. The van der Waals surface area contributed by atoms with Crippen molar-refractivity contribution in [3.63, 3.8) is 0 Å². The molecule has 1 heterocycles. The number of sulfone groups is 1. The number of aliphatic hydroxyl groups excluding tert-OH is 1. The molecule has 0 unspecified atom stereocenters. The maximum Gasteiger partial charge on any atom is 0.221 e. The lowest BCUT2D eigenvalue weighted by Gasteiger charge is -2.05. The quantitative estimate of drug-likeness (QED) is 0.693. The molecule has 0 saturated carbocycles. The second-order valence-electron chi connectivity index (χ2n) is 3.32. The topological polar surface area (TPSA) is 111 Å². The molecule has 0 spiro atoms. The predicted molar refractivity (Wildman–Crippen MR) is 53.8 cm³/mol. The molecule has 0 aliphatic rings. The van der Waals surface area contributed by atoms with E-state index in [1.165, 1.54) is 0 Å². The Labute approximate surface area is 87.8 Å². The standard InChI is InChI=1S/C7H14N4O3S/c1-5(2)15(13,14)7-6(8)11(3-4-12)10-9-7/h5,12H,3-4,8H2,1-2H3. The summed E-state index contributed by atoms with van der Waals surface area (Å²) < 4.78 is 24.6. The SMILES string of the molecule is CC(C)S(=O)(=O)c1nnn(CCO)c1N. The molecular formula is C7H14N4O3S. The average Bonchev–Trinajstić information content (AvgIpc) is 2.49. The predicted octanol–water partition coefficient (Wildman–Crippen LogP) is -0.965. The Morgan fingerprint density at radius 1 is 1.53 bits per heavy atom. The number of aliphatic hydroxyl groups is 1. The Morgan fingerprint density at radius 2 is 2.13 bits per heavy atom. The zero-order valence-corrected chi connectivity index (χ0v) is 9.40. The van der Waals surface area contributed by atoms with Crippen molar-refractivity contribution in [3.05, 3.63) is 0 Å². The van der Waals surface area contributed by atoms with Gasteiger partial charge in [-0.05, 0) is 13.8 Å². The van der Waals surface area contributed by atoms with Crippen LogP contribution >= 0.6 is 0 Å². The van der Waals surface area contributed by atoms with Gasteiger partial charge in [0.05, 0.1) is 18.4 Å². The van der Waals surface area contributed by atoms with Gasteiger partial charge in [0.25, 0.3) is 0 Å². The van der Waals surface area contributed by atoms with Gasteiger partial charge in [0.1, 0.15) is 0 Å². The number of rotatable bonds is 4. The van der Waals surface area contributed by atoms with Gasteiger partial charge in [-0.1, -0.05) is 5.21 Å². The first-order valence-corrected chi connectivity index (χ1v) is 5.99. The van der Waals surface area contributed by atoms with Crippen LogP contribution in [0.5, 0.6) is 0 Å². The Kier molecular flexibility index (Phi) is 3.30. The van der Waals surface area contributed by atoms with Crippen LogP contribution in [0.15, 0.2) is 5.03 Å². The van der Waals surface area contributed by atoms with E-state index in [-0.39, 0.29) is 24.0 Å². The zero-order valence-electron chi connectivity index (χ0n) is 8.58. The van der Waals surface area contributed by atoms with Gasteiger partial charge in [0, 0.05) is 0 Å². The smallest absolute Gasteiger partial charge is 0.221 e. The first kappa shape index (κ1) is 11.9. The number of hydrogen-bond acceptors (Lipinski definition) is 6. The second-order valence-corrected chi connectivity index (χ2v) is 5.74. The van der Waals surface area contributed by atoms with E-state index >= 15 is 0 Å². The number of anilines is 1. The van der Waals surface area contributed by atoms with Crippen molar-refractivity contribution in [1.82, 2.24) is 15.0 Å². The molecule has 1 aromatic heterocycles. The molecular weight excluding hydrogens is 220 g/mol. The van der Waals surface area contributed by atoms with E-state index in [0.717, 1.165) is 4.68 Å². The van der Waals surface area contributed by atoms with E-state index in [1.54, 1.807) is 13.8 Å². The molecule has 1 aromatic rings. The van der Waals surface area contributed by atoms with Gasteiger partial charge in [-0.25, -0.2) is 13.1 Å². The summed E-state index contributed by atoms with van der Waals surface area (Å²) >= 11 is 0. The molecule has 15 heavy (non-hydrogen) atoms. The highest BCUT2D eigenvalue weighted by Crippen LogP contribution is 2.19. The van der Waals surface area contributed by atoms with Gasteiger partial charge in [0.15, 0.2) is 5.82 Å². The van der Waals surface area contributed by atoms with Crippen molar-refractivity contribution in [2.75, 3.05) is 12.3 Å². The Hall–Kier alpha value is -1.15. The maximum atomic E-state index is 11.7. The summed E-state index contributed by atoms with van der Waals surface area (Å²) in [6.07, 6.45) is 0.